The third-order valence-corrected chi connectivity index (χ3v) is 5.79. The molecule has 0 fully saturated rings. The van der Waals surface area contributed by atoms with Gasteiger partial charge in [-0.15, -0.1) is 0 Å². The monoisotopic (exact) mass is 415 g/mol. The molecule has 0 spiro atoms. The number of benzene rings is 1. The van der Waals surface area contributed by atoms with Crippen molar-refractivity contribution in [1.29, 1.82) is 15.8 Å². The summed E-state index contributed by atoms with van der Waals surface area (Å²) in [6.45, 7) is 9.83. The zero-order chi connectivity index (χ0) is 23.0. The smallest absolute Gasteiger partial charge is 0.257 e. The molecule has 0 bridgehead atoms. The molecule has 1 aliphatic heterocycles. The molecular weight excluding hydrogens is 386 g/mol. The van der Waals surface area contributed by atoms with Gasteiger partial charge in [-0.05, 0) is 42.9 Å². The van der Waals surface area contributed by atoms with Crippen molar-refractivity contribution in [2.75, 3.05) is 11.4 Å². The van der Waals surface area contributed by atoms with Crippen LogP contribution in [0, 0.1) is 39.9 Å². The highest BCUT2D eigenvalue weighted by Crippen LogP contribution is 2.32. The summed E-state index contributed by atoms with van der Waals surface area (Å²) in [5, 5.41) is 30.4. The van der Waals surface area contributed by atoms with Gasteiger partial charge in [0.2, 0.25) is 0 Å². The molecule has 0 aromatic heterocycles. The normalized spacial score (nSPS) is 14.9. The topological polar surface area (TPSA) is 104 Å². The van der Waals surface area contributed by atoms with Gasteiger partial charge >= 0.3 is 0 Å². The van der Waals surface area contributed by atoms with Crippen molar-refractivity contribution in [2.45, 2.75) is 59.4 Å². The number of allylic oxidation sites excluding steroid dienone is 2. The van der Waals surface area contributed by atoms with Gasteiger partial charge in [0.1, 0.15) is 18.2 Å². The predicted octanol–water partition coefficient (Wildman–Crippen LogP) is 4.83. The zero-order valence-corrected chi connectivity index (χ0v) is 18.7. The molecule has 2 unspecified atom stereocenters. The van der Waals surface area contributed by atoms with E-state index < -0.39 is 5.91 Å². The van der Waals surface area contributed by atoms with Crippen LogP contribution in [0.25, 0.3) is 5.57 Å². The quantitative estimate of drug-likeness (QED) is 0.582. The molecule has 1 aromatic carbocycles. The highest BCUT2D eigenvalue weighted by Gasteiger charge is 2.31. The lowest BCUT2D eigenvalue weighted by Gasteiger charge is -2.35. The zero-order valence-electron chi connectivity index (χ0n) is 18.7. The summed E-state index contributed by atoms with van der Waals surface area (Å²) in [6.07, 6.45) is 4.36. The van der Waals surface area contributed by atoms with Gasteiger partial charge in [0.25, 0.3) is 5.91 Å². The number of nitriles is 3. The molecule has 6 heteroatoms. The molecule has 0 saturated carbocycles. The molecule has 1 amide bonds. The Labute approximate surface area is 185 Å². The number of hydrogen-bond donors (Lipinski definition) is 1. The van der Waals surface area contributed by atoms with Gasteiger partial charge in [0, 0.05) is 18.3 Å². The van der Waals surface area contributed by atoms with Crippen molar-refractivity contribution < 1.29 is 4.79 Å². The number of rotatable bonds is 9. The summed E-state index contributed by atoms with van der Waals surface area (Å²) >= 11 is 0. The van der Waals surface area contributed by atoms with E-state index in [4.69, 9.17) is 10.5 Å². The Kier molecular flexibility index (Phi) is 8.42. The molecule has 0 saturated heterocycles. The molecule has 2 rings (SSSR count). The van der Waals surface area contributed by atoms with Crippen LogP contribution in [0.5, 0.6) is 0 Å². The average Bonchev–Trinajstić information content (AvgIpc) is 3.12. The van der Waals surface area contributed by atoms with Crippen LogP contribution < -0.4 is 10.2 Å². The highest BCUT2D eigenvalue weighted by atomic mass is 16.2. The second-order valence-corrected chi connectivity index (χ2v) is 7.84. The van der Waals surface area contributed by atoms with Crippen molar-refractivity contribution in [3.8, 4) is 18.2 Å². The molecule has 1 aromatic rings. The molecule has 160 valence electrons. The average molecular weight is 416 g/mol. The Balaban J connectivity index is 2.45. The lowest BCUT2D eigenvalue weighted by atomic mass is 9.95. The molecule has 0 radical (unpaired) electrons. The van der Waals surface area contributed by atoms with Crippen molar-refractivity contribution in [3.05, 3.63) is 46.7 Å². The van der Waals surface area contributed by atoms with Gasteiger partial charge in [-0.25, -0.2) is 0 Å². The molecule has 0 aliphatic carbocycles. The van der Waals surface area contributed by atoms with Gasteiger partial charge in [0.05, 0.1) is 16.8 Å². The van der Waals surface area contributed by atoms with E-state index in [0.29, 0.717) is 17.5 Å². The third-order valence-electron chi connectivity index (χ3n) is 5.79. The Morgan fingerprint density at radius 1 is 1.06 bits per heavy atom. The lowest BCUT2D eigenvalue weighted by molar-refractivity contribution is -0.114. The second kappa shape index (κ2) is 11.0. The van der Waals surface area contributed by atoms with E-state index in [-0.39, 0.29) is 22.4 Å². The number of nitrogens with one attached hydrogen (secondary N) is 1. The maximum Gasteiger partial charge on any atom is 0.257 e. The minimum Gasteiger partial charge on any atom is -0.369 e. The maximum absolute atomic E-state index is 12.5. The number of amides is 1. The van der Waals surface area contributed by atoms with Crippen LogP contribution >= 0.6 is 0 Å². The van der Waals surface area contributed by atoms with Gasteiger partial charge in [-0.2, -0.15) is 15.8 Å². The Bertz CT molecular complexity index is 982. The van der Waals surface area contributed by atoms with Crippen molar-refractivity contribution in [2.24, 2.45) is 5.92 Å². The molecule has 6 nitrogen and oxygen atoms in total. The third kappa shape index (κ3) is 5.14. The minimum atomic E-state index is -0.476. The van der Waals surface area contributed by atoms with Crippen molar-refractivity contribution in [1.82, 2.24) is 5.32 Å². The Morgan fingerprint density at radius 2 is 1.71 bits per heavy atom. The van der Waals surface area contributed by atoms with Crippen LogP contribution in [0.3, 0.4) is 0 Å². The first-order valence-corrected chi connectivity index (χ1v) is 10.8. The number of carbonyl (C=O) groups is 1. The number of carbonyl (C=O) groups excluding carboxylic acids is 1. The summed E-state index contributed by atoms with van der Waals surface area (Å²) in [7, 11) is 0. The number of hydrogen-bond acceptors (Lipinski definition) is 5. The molecule has 2 atom stereocenters. The molecule has 1 heterocycles. The molecular formula is C25H29N5O. The standard InChI is InChI=1S/C25H29N5O/c1-5-12-30(20(7-3)13-17(4)6-2)21-10-8-18(9-11-21)23-22(16-28)24(29-25(23)31)19(14-26)15-27/h8-11,17,20H,5-7,12-13H2,1-4H3,(H,29,31). The van der Waals surface area contributed by atoms with E-state index in [0.717, 1.165) is 37.9 Å². The summed E-state index contributed by atoms with van der Waals surface area (Å²) in [6, 6.07) is 13.5. The Morgan fingerprint density at radius 3 is 2.19 bits per heavy atom. The maximum atomic E-state index is 12.5. The van der Waals surface area contributed by atoms with Crippen LogP contribution in [0.1, 0.15) is 58.9 Å². The second-order valence-electron chi connectivity index (χ2n) is 7.84. The molecule has 1 N–H and O–H groups in total. The first kappa shape index (κ1) is 23.7. The summed E-state index contributed by atoms with van der Waals surface area (Å²) < 4.78 is 0. The SMILES string of the molecule is CCCN(c1ccc(C2=C(C#N)C(=C(C#N)C#N)NC2=O)cc1)C(CC)CC(C)CC. The molecule has 1 aliphatic rings. The predicted molar refractivity (Wildman–Crippen MR) is 121 cm³/mol. The highest BCUT2D eigenvalue weighted by molar-refractivity contribution is 6.26. The Hall–Kier alpha value is -3.56. The van der Waals surface area contributed by atoms with E-state index in [1.165, 1.54) is 0 Å². The fraction of sp³-hybridized carbons (Fsp3) is 0.440. The summed E-state index contributed by atoms with van der Waals surface area (Å²) in [4.78, 5) is 15.0. The van der Waals surface area contributed by atoms with Crippen LogP contribution in [0.2, 0.25) is 0 Å². The summed E-state index contributed by atoms with van der Waals surface area (Å²) in [5.41, 5.74) is 1.62. The summed E-state index contributed by atoms with van der Waals surface area (Å²) in [5.74, 6) is 0.171. The van der Waals surface area contributed by atoms with Gasteiger partial charge in [-0.1, -0.05) is 46.2 Å². The lowest BCUT2D eigenvalue weighted by Crippen LogP contribution is -2.36. The molecule has 31 heavy (non-hydrogen) atoms. The van der Waals surface area contributed by atoms with E-state index in [1.54, 1.807) is 12.1 Å². The fourth-order valence-corrected chi connectivity index (χ4v) is 3.92. The number of nitrogens with zero attached hydrogens (tertiary/aromatic N) is 4. The van der Waals surface area contributed by atoms with Crippen LogP contribution in [-0.4, -0.2) is 18.5 Å². The van der Waals surface area contributed by atoms with E-state index >= 15 is 0 Å². The van der Waals surface area contributed by atoms with Crippen LogP contribution in [0.15, 0.2) is 41.1 Å². The fourth-order valence-electron chi connectivity index (χ4n) is 3.92. The van der Waals surface area contributed by atoms with Crippen molar-refractivity contribution in [3.63, 3.8) is 0 Å². The van der Waals surface area contributed by atoms with Crippen molar-refractivity contribution >= 4 is 17.2 Å². The van der Waals surface area contributed by atoms with Crippen LogP contribution in [-0.2, 0) is 4.79 Å². The minimum absolute atomic E-state index is 0.0104. The van der Waals surface area contributed by atoms with Gasteiger partial charge in [-0.3, -0.25) is 4.79 Å². The van der Waals surface area contributed by atoms with Gasteiger partial charge in [0.15, 0.2) is 5.57 Å². The van der Waals surface area contributed by atoms with E-state index in [9.17, 15) is 10.1 Å². The first-order chi connectivity index (χ1) is 14.9. The van der Waals surface area contributed by atoms with Gasteiger partial charge < -0.3 is 10.2 Å². The largest absolute Gasteiger partial charge is 0.369 e. The van der Waals surface area contributed by atoms with E-state index in [2.05, 4.69) is 37.9 Å². The number of anilines is 1. The van der Waals surface area contributed by atoms with Crippen LogP contribution in [0.4, 0.5) is 5.69 Å². The van der Waals surface area contributed by atoms with E-state index in [1.807, 2.05) is 30.3 Å². The first-order valence-electron chi connectivity index (χ1n) is 10.8.